The molecule has 1 aromatic rings. The standard InChI is InChI=1S/C18H27N3O2/c1-3-20(2)9-8-17(22)21-10-7-15(13-21)11-14-5-4-6-16(12-14)18(19)23/h4-6,12,15H,3,7-11,13H2,1-2H3,(H2,19,23). The quantitative estimate of drug-likeness (QED) is 0.829. The zero-order valence-electron chi connectivity index (χ0n) is 14.1. The lowest BCUT2D eigenvalue weighted by atomic mass is 9.97. The highest BCUT2D eigenvalue weighted by Gasteiger charge is 2.26. The molecule has 1 atom stereocenters. The van der Waals surface area contributed by atoms with Crippen LogP contribution < -0.4 is 5.73 Å². The summed E-state index contributed by atoms with van der Waals surface area (Å²) in [6.45, 7) is 5.53. The molecule has 0 aliphatic carbocycles. The molecule has 2 N–H and O–H groups in total. The second-order valence-corrected chi connectivity index (χ2v) is 6.41. The van der Waals surface area contributed by atoms with Gasteiger partial charge in [-0.05, 0) is 50.0 Å². The number of carbonyl (C=O) groups excluding carboxylic acids is 2. The first-order valence-electron chi connectivity index (χ1n) is 8.34. The van der Waals surface area contributed by atoms with Crippen molar-refractivity contribution in [3.63, 3.8) is 0 Å². The van der Waals surface area contributed by atoms with E-state index in [1.165, 1.54) is 0 Å². The van der Waals surface area contributed by atoms with E-state index in [4.69, 9.17) is 5.73 Å². The summed E-state index contributed by atoms with van der Waals surface area (Å²) in [6, 6.07) is 7.49. The smallest absolute Gasteiger partial charge is 0.248 e. The first-order valence-corrected chi connectivity index (χ1v) is 8.34. The van der Waals surface area contributed by atoms with Crippen molar-refractivity contribution in [3.8, 4) is 0 Å². The molecule has 5 nitrogen and oxygen atoms in total. The third-order valence-corrected chi connectivity index (χ3v) is 4.62. The maximum Gasteiger partial charge on any atom is 0.248 e. The molecule has 1 heterocycles. The van der Waals surface area contributed by atoms with Gasteiger partial charge in [0, 0.05) is 31.6 Å². The molecule has 1 aromatic carbocycles. The van der Waals surface area contributed by atoms with E-state index in [1.54, 1.807) is 6.07 Å². The fourth-order valence-corrected chi connectivity index (χ4v) is 3.01. The number of primary amides is 1. The maximum absolute atomic E-state index is 12.2. The van der Waals surface area contributed by atoms with Gasteiger partial charge in [-0.15, -0.1) is 0 Å². The van der Waals surface area contributed by atoms with E-state index >= 15 is 0 Å². The Hall–Kier alpha value is -1.88. The van der Waals surface area contributed by atoms with Gasteiger partial charge in [0.15, 0.2) is 0 Å². The van der Waals surface area contributed by atoms with Crippen LogP contribution in [0.3, 0.4) is 0 Å². The molecule has 2 amide bonds. The summed E-state index contributed by atoms with van der Waals surface area (Å²) >= 11 is 0. The number of hydrogen-bond donors (Lipinski definition) is 1. The van der Waals surface area contributed by atoms with Gasteiger partial charge in [-0.2, -0.15) is 0 Å². The van der Waals surface area contributed by atoms with Crippen molar-refractivity contribution in [3.05, 3.63) is 35.4 Å². The van der Waals surface area contributed by atoms with E-state index in [2.05, 4.69) is 11.8 Å². The Balaban J connectivity index is 1.84. The van der Waals surface area contributed by atoms with Gasteiger partial charge in [-0.1, -0.05) is 19.1 Å². The van der Waals surface area contributed by atoms with E-state index in [0.29, 0.717) is 17.9 Å². The molecule has 1 fully saturated rings. The summed E-state index contributed by atoms with van der Waals surface area (Å²) in [6.07, 6.45) is 2.50. The second kappa shape index (κ2) is 8.11. The SMILES string of the molecule is CCN(C)CCC(=O)N1CCC(Cc2cccc(C(N)=O)c2)C1. The highest BCUT2D eigenvalue weighted by molar-refractivity contribution is 5.92. The summed E-state index contributed by atoms with van der Waals surface area (Å²) < 4.78 is 0. The van der Waals surface area contributed by atoms with Crippen molar-refractivity contribution >= 4 is 11.8 Å². The number of likely N-dealkylation sites (tertiary alicyclic amines) is 1. The lowest BCUT2D eigenvalue weighted by Gasteiger charge is -2.19. The molecular formula is C18H27N3O2. The van der Waals surface area contributed by atoms with E-state index in [1.807, 2.05) is 30.1 Å². The number of hydrogen-bond acceptors (Lipinski definition) is 3. The molecule has 126 valence electrons. The average molecular weight is 317 g/mol. The number of nitrogens with zero attached hydrogens (tertiary/aromatic N) is 2. The number of rotatable bonds is 7. The zero-order chi connectivity index (χ0) is 16.8. The number of amides is 2. The molecule has 0 bridgehead atoms. The van der Waals surface area contributed by atoms with Gasteiger partial charge < -0.3 is 15.5 Å². The Morgan fingerprint density at radius 2 is 2.17 bits per heavy atom. The first kappa shape index (κ1) is 17.5. The van der Waals surface area contributed by atoms with Gasteiger partial charge in [0.1, 0.15) is 0 Å². The molecular weight excluding hydrogens is 290 g/mol. The maximum atomic E-state index is 12.2. The monoisotopic (exact) mass is 317 g/mol. The predicted octanol–water partition coefficient (Wildman–Crippen LogP) is 1.52. The Morgan fingerprint density at radius 1 is 1.39 bits per heavy atom. The minimum atomic E-state index is -0.393. The molecule has 23 heavy (non-hydrogen) atoms. The fourth-order valence-electron chi connectivity index (χ4n) is 3.01. The molecule has 0 spiro atoms. The van der Waals surface area contributed by atoms with Crippen LogP contribution in [0.1, 0.15) is 35.7 Å². The van der Waals surface area contributed by atoms with Crippen molar-refractivity contribution in [2.24, 2.45) is 11.7 Å². The molecule has 1 unspecified atom stereocenters. The lowest BCUT2D eigenvalue weighted by Crippen LogP contribution is -2.32. The van der Waals surface area contributed by atoms with E-state index in [-0.39, 0.29) is 5.91 Å². The largest absolute Gasteiger partial charge is 0.366 e. The van der Waals surface area contributed by atoms with Crippen LogP contribution in [0.15, 0.2) is 24.3 Å². The number of nitrogens with two attached hydrogens (primary N) is 1. The van der Waals surface area contributed by atoms with Gasteiger partial charge in [0.2, 0.25) is 11.8 Å². The normalized spacial score (nSPS) is 17.7. The summed E-state index contributed by atoms with van der Waals surface area (Å²) in [7, 11) is 2.03. The molecule has 0 aromatic heterocycles. The Bertz CT molecular complexity index is 559. The molecule has 0 radical (unpaired) electrons. The zero-order valence-corrected chi connectivity index (χ0v) is 14.1. The fraction of sp³-hybridized carbons (Fsp3) is 0.556. The Labute approximate surface area is 138 Å². The van der Waals surface area contributed by atoms with E-state index < -0.39 is 5.91 Å². The van der Waals surface area contributed by atoms with Gasteiger partial charge in [0.25, 0.3) is 0 Å². The molecule has 1 saturated heterocycles. The van der Waals surface area contributed by atoms with Crippen molar-refractivity contribution < 1.29 is 9.59 Å². The second-order valence-electron chi connectivity index (χ2n) is 6.41. The van der Waals surface area contributed by atoms with Crippen LogP contribution in [-0.4, -0.2) is 54.8 Å². The molecule has 5 heteroatoms. The topological polar surface area (TPSA) is 66.6 Å². The van der Waals surface area contributed by atoms with Gasteiger partial charge in [-0.25, -0.2) is 0 Å². The summed E-state index contributed by atoms with van der Waals surface area (Å²) in [5, 5.41) is 0. The highest BCUT2D eigenvalue weighted by atomic mass is 16.2. The van der Waals surface area contributed by atoms with Crippen LogP contribution in [0.5, 0.6) is 0 Å². The minimum absolute atomic E-state index is 0.249. The first-order chi connectivity index (χ1) is 11.0. The summed E-state index contributed by atoms with van der Waals surface area (Å²) in [5.74, 6) is 0.319. The minimum Gasteiger partial charge on any atom is -0.366 e. The average Bonchev–Trinajstić information content (AvgIpc) is 3.01. The van der Waals surface area contributed by atoms with Crippen molar-refractivity contribution in [2.45, 2.75) is 26.2 Å². The highest BCUT2D eigenvalue weighted by Crippen LogP contribution is 2.22. The van der Waals surface area contributed by atoms with E-state index in [0.717, 1.165) is 44.6 Å². The van der Waals surface area contributed by atoms with Crippen molar-refractivity contribution in [1.82, 2.24) is 9.80 Å². The lowest BCUT2D eigenvalue weighted by molar-refractivity contribution is -0.130. The molecule has 0 saturated carbocycles. The third kappa shape index (κ3) is 5.06. The van der Waals surface area contributed by atoms with E-state index in [9.17, 15) is 9.59 Å². The summed E-state index contributed by atoms with van der Waals surface area (Å²) in [5.41, 5.74) is 6.99. The van der Waals surface area contributed by atoms with Gasteiger partial charge in [-0.3, -0.25) is 9.59 Å². The predicted molar refractivity (Wildman–Crippen MR) is 91.1 cm³/mol. The van der Waals surface area contributed by atoms with Crippen LogP contribution in [0.2, 0.25) is 0 Å². The Morgan fingerprint density at radius 3 is 2.87 bits per heavy atom. The van der Waals surface area contributed by atoms with Crippen molar-refractivity contribution in [2.75, 3.05) is 33.2 Å². The Kier molecular flexibility index (Phi) is 6.16. The van der Waals surface area contributed by atoms with Crippen LogP contribution >= 0.6 is 0 Å². The van der Waals surface area contributed by atoms with Gasteiger partial charge >= 0.3 is 0 Å². The van der Waals surface area contributed by atoms with Crippen LogP contribution in [-0.2, 0) is 11.2 Å². The van der Waals surface area contributed by atoms with Crippen LogP contribution in [0.4, 0.5) is 0 Å². The van der Waals surface area contributed by atoms with Crippen LogP contribution in [0.25, 0.3) is 0 Å². The number of benzene rings is 1. The third-order valence-electron chi connectivity index (χ3n) is 4.62. The van der Waals surface area contributed by atoms with Gasteiger partial charge in [0.05, 0.1) is 0 Å². The molecule has 1 aliphatic rings. The molecule has 2 rings (SSSR count). The molecule has 1 aliphatic heterocycles. The van der Waals surface area contributed by atoms with Crippen LogP contribution in [0, 0.1) is 5.92 Å². The number of carbonyl (C=O) groups is 2. The van der Waals surface area contributed by atoms with Crippen molar-refractivity contribution in [1.29, 1.82) is 0 Å². The summed E-state index contributed by atoms with van der Waals surface area (Å²) in [4.78, 5) is 27.6.